The van der Waals surface area contributed by atoms with Crippen LogP contribution in [-0.4, -0.2) is 43.3 Å². The van der Waals surface area contributed by atoms with Gasteiger partial charge in [0.1, 0.15) is 0 Å². The number of carbonyl (C=O) groups excluding carboxylic acids is 1. The molecule has 2 aliphatic heterocycles. The zero-order valence-electron chi connectivity index (χ0n) is 7.49. The molecule has 0 bridgehead atoms. The second kappa shape index (κ2) is 4.67. The number of rotatable bonds is 1. The molecule has 0 spiro atoms. The highest BCUT2D eigenvalue weighted by molar-refractivity contribution is 5.85. The third-order valence-electron chi connectivity index (χ3n) is 2.48. The van der Waals surface area contributed by atoms with E-state index in [1.807, 2.05) is 4.90 Å². The maximum absolute atomic E-state index is 11.3. The summed E-state index contributed by atoms with van der Waals surface area (Å²) >= 11 is 0. The van der Waals surface area contributed by atoms with E-state index in [0.717, 1.165) is 32.5 Å². The molecule has 1 atom stereocenters. The first-order valence-corrected chi connectivity index (χ1v) is 4.52. The van der Waals surface area contributed by atoms with Crippen LogP contribution in [0.5, 0.6) is 0 Å². The fourth-order valence-electron chi connectivity index (χ4n) is 1.81. The zero-order valence-corrected chi connectivity index (χ0v) is 8.31. The van der Waals surface area contributed by atoms with Gasteiger partial charge in [-0.15, -0.1) is 12.4 Å². The Bertz CT molecular complexity index is 183. The zero-order chi connectivity index (χ0) is 8.39. The van der Waals surface area contributed by atoms with E-state index in [2.05, 4.69) is 5.32 Å². The molecule has 13 heavy (non-hydrogen) atoms. The lowest BCUT2D eigenvalue weighted by Crippen LogP contribution is -2.45. The van der Waals surface area contributed by atoms with E-state index in [0.29, 0.717) is 12.6 Å². The normalized spacial score (nSPS) is 28.2. The average Bonchev–Trinajstić information content (AvgIpc) is 2.57. The van der Waals surface area contributed by atoms with E-state index in [-0.39, 0.29) is 18.5 Å². The van der Waals surface area contributed by atoms with Crippen LogP contribution >= 0.6 is 12.4 Å². The third-order valence-corrected chi connectivity index (χ3v) is 2.48. The van der Waals surface area contributed by atoms with Crippen molar-refractivity contribution in [2.24, 2.45) is 0 Å². The van der Waals surface area contributed by atoms with Gasteiger partial charge in [-0.25, -0.2) is 4.79 Å². The van der Waals surface area contributed by atoms with Crippen molar-refractivity contribution in [3.05, 3.63) is 0 Å². The van der Waals surface area contributed by atoms with Crippen LogP contribution in [0.1, 0.15) is 12.8 Å². The number of cyclic esters (lactones) is 1. The first-order valence-electron chi connectivity index (χ1n) is 4.52. The first kappa shape index (κ1) is 10.6. The van der Waals surface area contributed by atoms with Gasteiger partial charge < -0.3 is 15.0 Å². The van der Waals surface area contributed by atoms with E-state index < -0.39 is 0 Å². The van der Waals surface area contributed by atoms with Crippen molar-refractivity contribution in [1.82, 2.24) is 10.2 Å². The Kier molecular flexibility index (Phi) is 3.81. The summed E-state index contributed by atoms with van der Waals surface area (Å²) in [5.74, 6) is 0. The Morgan fingerprint density at radius 1 is 1.54 bits per heavy atom. The fourth-order valence-corrected chi connectivity index (χ4v) is 1.81. The smallest absolute Gasteiger partial charge is 0.410 e. The van der Waals surface area contributed by atoms with E-state index in [1.54, 1.807) is 0 Å². The van der Waals surface area contributed by atoms with E-state index in [1.165, 1.54) is 0 Å². The Labute approximate surface area is 84.0 Å². The van der Waals surface area contributed by atoms with Gasteiger partial charge in [0.15, 0.2) is 0 Å². The van der Waals surface area contributed by atoms with Crippen molar-refractivity contribution in [3.63, 3.8) is 0 Å². The lowest BCUT2D eigenvalue weighted by molar-refractivity contribution is 0.0584. The van der Waals surface area contributed by atoms with Crippen LogP contribution in [0.2, 0.25) is 0 Å². The van der Waals surface area contributed by atoms with E-state index in [4.69, 9.17) is 4.74 Å². The minimum atomic E-state index is -0.130. The molecule has 2 saturated heterocycles. The largest absolute Gasteiger partial charge is 0.449 e. The Hall–Kier alpha value is -0.480. The molecule has 5 heteroatoms. The highest BCUT2D eigenvalue weighted by Gasteiger charge is 2.29. The molecule has 0 saturated carbocycles. The van der Waals surface area contributed by atoms with Crippen molar-refractivity contribution in [2.45, 2.75) is 18.9 Å². The van der Waals surface area contributed by atoms with Crippen molar-refractivity contribution < 1.29 is 9.53 Å². The van der Waals surface area contributed by atoms with Gasteiger partial charge in [-0.2, -0.15) is 0 Å². The summed E-state index contributed by atoms with van der Waals surface area (Å²) in [6.45, 7) is 3.41. The molecule has 76 valence electrons. The Balaban J connectivity index is 0.000000845. The van der Waals surface area contributed by atoms with Crippen LogP contribution in [0.25, 0.3) is 0 Å². The lowest BCUT2D eigenvalue weighted by Gasteiger charge is -2.30. The van der Waals surface area contributed by atoms with Gasteiger partial charge in [-0.05, 0) is 19.4 Å². The van der Waals surface area contributed by atoms with Gasteiger partial charge in [0.05, 0.1) is 6.61 Å². The van der Waals surface area contributed by atoms with Crippen molar-refractivity contribution in [2.75, 3.05) is 26.2 Å². The number of amides is 1. The lowest BCUT2D eigenvalue weighted by atomic mass is 10.2. The van der Waals surface area contributed by atoms with Crippen molar-refractivity contribution in [3.8, 4) is 0 Å². The summed E-state index contributed by atoms with van der Waals surface area (Å²) in [6, 6.07) is 0.373. The molecule has 0 aliphatic carbocycles. The second-order valence-electron chi connectivity index (χ2n) is 3.31. The average molecular weight is 207 g/mol. The number of ether oxygens (including phenoxy) is 1. The van der Waals surface area contributed by atoms with Gasteiger partial charge in [0, 0.05) is 19.1 Å². The Morgan fingerprint density at radius 3 is 3.00 bits per heavy atom. The standard InChI is InChI=1S/C8H14N2O2.ClH/c11-8-10(4-1-5-12-8)7-2-3-9-6-7;/h7,9H,1-6H2;1H/t7-;/m0./s1. The summed E-state index contributed by atoms with van der Waals surface area (Å²) in [5.41, 5.74) is 0. The number of hydrogen-bond acceptors (Lipinski definition) is 3. The highest BCUT2D eigenvalue weighted by Crippen LogP contribution is 2.13. The van der Waals surface area contributed by atoms with Crippen LogP contribution in [0, 0.1) is 0 Å². The van der Waals surface area contributed by atoms with Crippen LogP contribution in [0.4, 0.5) is 4.79 Å². The molecule has 2 aliphatic rings. The number of nitrogens with zero attached hydrogens (tertiary/aromatic N) is 1. The second-order valence-corrected chi connectivity index (χ2v) is 3.31. The topological polar surface area (TPSA) is 41.6 Å². The van der Waals surface area contributed by atoms with E-state index >= 15 is 0 Å². The van der Waals surface area contributed by atoms with Gasteiger partial charge >= 0.3 is 6.09 Å². The summed E-state index contributed by atoms with van der Waals surface area (Å²) in [5, 5.41) is 3.24. The predicted octanol–water partition coefficient (Wildman–Crippen LogP) is 0.612. The van der Waals surface area contributed by atoms with Crippen LogP contribution in [0.3, 0.4) is 0 Å². The first-order chi connectivity index (χ1) is 5.88. The molecule has 1 N–H and O–H groups in total. The van der Waals surface area contributed by atoms with Gasteiger partial charge in [0.25, 0.3) is 0 Å². The quantitative estimate of drug-likeness (QED) is 0.684. The molecule has 2 fully saturated rings. The monoisotopic (exact) mass is 206 g/mol. The molecule has 2 rings (SSSR count). The Morgan fingerprint density at radius 2 is 2.38 bits per heavy atom. The number of halogens is 1. The van der Waals surface area contributed by atoms with Crippen LogP contribution in [-0.2, 0) is 4.74 Å². The molecule has 1 amide bonds. The summed E-state index contributed by atoms with van der Waals surface area (Å²) in [7, 11) is 0. The molecular weight excluding hydrogens is 192 g/mol. The van der Waals surface area contributed by atoms with Gasteiger partial charge in [0.2, 0.25) is 0 Å². The summed E-state index contributed by atoms with van der Waals surface area (Å²) < 4.78 is 4.96. The van der Waals surface area contributed by atoms with Crippen molar-refractivity contribution >= 4 is 18.5 Å². The minimum absolute atomic E-state index is 0. The molecule has 0 aromatic heterocycles. The molecule has 2 heterocycles. The van der Waals surface area contributed by atoms with Crippen LogP contribution in [0.15, 0.2) is 0 Å². The SMILES string of the molecule is Cl.O=C1OCCCN1[C@H]1CCNC1. The molecular formula is C8H15ClN2O2. The number of hydrogen-bond donors (Lipinski definition) is 1. The molecule has 0 aromatic rings. The molecule has 4 nitrogen and oxygen atoms in total. The number of carbonyl (C=O) groups is 1. The molecule has 0 radical (unpaired) electrons. The number of nitrogens with one attached hydrogen (secondary N) is 1. The van der Waals surface area contributed by atoms with Crippen molar-refractivity contribution in [1.29, 1.82) is 0 Å². The van der Waals surface area contributed by atoms with Gasteiger partial charge in [-0.3, -0.25) is 0 Å². The fraction of sp³-hybridized carbons (Fsp3) is 0.875. The third kappa shape index (κ3) is 2.25. The van der Waals surface area contributed by atoms with Gasteiger partial charge in [-0.1, -0.05) is 0 Å². The van der Waals surface area contributed by atoms with Crippen LogP contribution < -0.4 is 5.32 Å². The van der Waals surface area contributed by atoms with E-state index in [9.17, 15) is 4.79 Å². The maximum atomic E-state index is 11.3. The molecule has 0 unspecified atom stereocenters. The molecule has 0 aromatic carbocycles. The highest BCUT2D eigenvalue weighted by atomic mass is 35.5. The predicted molar refractivity (Wildman–Crippen MR) is 51.2 cm³/mol. The summed E-state index contributed by atoms with van der Waals surface area (Å²) in [6.07, 6.45) is 1.91. The minimum Gasteiger partial charge on any atom is -0.449 e. The maximum Gasteiger partial charge on any atom is 0.410 e. The summed E-state index contributed by atoms with van der Waals surface area (Å²) in [4.78, 5) is 13.1.